The van der Waals surface area contributed by atoms with Crippen LogP contribution in [0.15, 0.2) is 28.7 Å². The van der Waals surface area contributed by atoms with Crippen LogP contribution in [0.3, 0.4) is 0 Å². The van der Waals surface area contributed by atoms with Crippen molar-refractivity contribution in [2.45, 2.75) is 39.2 Å². The van der Waals surface area contributed by atoms with Crippen LogP contribution in [0.2, 0.25) is 0 Å². The molecule has 0 fully saturated rings. The molecule has 2 rings (SSSR count). The lowest BCUT2D eigenvalue weighted by Gasteiger charge is -2.16. The molecule has 2 aromatic rings. The molecule has 0 unspecified atom stereocenters. The first-order valence-electron chi connectivity index (χ1n) is 6.18. The number of furan rings is 1. The van der Waals surface area contributed by atoms with Gasteiger partial charge in [-0.1, -0.05) is 18.2 Å². The number of para-hydroxylation sites is 1. The Bertz CT molecular complexity index is 576. The van der Waals surface area contributed by atoms with Crippen LogP contribution >= 0.6 is 0 Å². The van der Waals surface area contributed by atoms with Gasteiger partial charge in [-0.2, -0.15) is 0 Å². The van der Waals surface area contributed by atoms with E-state index in [0.717, 1.165) is 16.5 Å². The summed E-state index contributed by atoms with van der Waals surface area (Å²) in [6.07, 6.45) is 1.07. The lowest BCUT2D eigenvalue weighted by atomic mass is 9.98. The predicted octanol–water partition coefficient (Wildman–Crippen LogP) is 3.44. The minimum atomic E-state index is -0.322. The van der Waals surface area contributed by atoms with Gasteiger partial charge in [0.2, 0.25) is 0 Å². The highest BCUT2D eigenvalue weighted by Gasteiger charge is 2.17. The minimum Gasteiger partial charge on any atom is -0.453 e. The molecule has 3 heteroatoms. The number of aryl methyl sites for hydroxylation is 1. The number of rotatable bonds is 4. The normalized spacial score (nSPS) is 12.0. The second kappa shape index (κ2) is 4.58. The van der Waals surface area contributed by atoms with Gasteiger partial charge in [0.05, 0.1) is 0 Å². The quantitative estimate of drug-likeness (QED) is 0.839. The van der Waals surface area contributed by atoms with E-state index in [1.165, 1.54) is 0 Å². The number of hydrogen-bond acceptors (Lipinski definition) is 3. The van der Waals surface area contributed by atoms with Crippen molar-refractivity contribution < 1.29 is 9.21 Å². The third-order valence-corrected chi connectivity index (χ3v) is 3.01. The third kappa shape index (κ3) is 2.79. The van der Waals surface area contributed by atoms with Crippen LogP contribution in [-0.2, 0) is 0 Å². The molecule has 0 aliphatic carbocycles. The molecule has 0 spiro atoms. The first kappa shape index (κ1) is 12.8. The van der Waals surface area contributed by atoms with Crippen LogP contribution in [0.4, 0.5) is 0 Å². The van der Waals surface area contributed by atoms with E-state index in [0.29, 0.717) is 18.6 Å². The van der Waals surface area contributed by atoms with E-state index in [4.69, 9.17) is 10.2 Å². The largest absolute Gasteiger partial charge is 0.453 e. The first-order chi connectivity index (χ1) is 8.37. The Labute approximate surface area is 107 Å². The summed E-state index contributed by atoms with van der Waals surface area (Å²) in [7, 11) is 0. The molecule has 0 aliphatic heterocycles. The zero-order valence-electron chi connectivity index (χ0n) is 11.1. The molecule has 96 valence electrons. The van der Waals surface area contributed by atoms with Crippen LogP contribution in [-0.4, -0.2) is 11.3 Å². The van der Waals surface area contributed by atoms with Gasteiger partial charge in [0.25, 0.3) is 0 Å². The highest BCUT2D eigenvalue weighted by Crippen LogP contribution is 2.24. The maximum atomic E-state index is 12.0. The topological polar surface area (TPSA) is 56.2 Å². The summed E-state index contributed by atoms with van der Waals surface area (Å²) in [5.74, 6) is 0.452. The minimum absolute atomic E-state index is 0.0177. The summed E-state index contributed by atoms with van der Waals surface area (Å²) in [4.78, 5) is 12.0. The SMILES string of the molecule is Cc1cccc2cc(C(=O)CCC(C)(C)N)oc12. The molecule has 1 heterocycles. The third-order valence-electron chi connectivity index (χ3n) is 3.01. The molecule has 2 N–H and O–H groups in total. The second-order valence-electron chi connectivity index (χ2n) is 5.52. The number of fused-ring (bicyclic) bond motifs is 1. The summed E-state index contributed by atoms with van der Waals surface area (Å²) in [5, 5.41) is 0.977. The monoisotopic (exact) mass is 245 g/mol. The fourth-order valence-electron chi connectivity index (χ4n) is 1.91. The number of carbonyl (C=O) groups excluding carboxylic acids is 1. The van der Waals surface area contributed by atoms with Gasteiger partial charge >= 0.3 is 0 Å². The van der Waals surface area contributed by atoms with E-state index >= 15 is 0 Å². The van der Waals surface area contributed by atoms with Gasteiger partial charge in [-0.25, -0.2) is 0 Å². The van der Waals surface area contributed by atoms with E-state index < -0.39 is 0 Å². The summed E-state index contributed by atoms with van der Waals surface area (Å²) < 4.78 is 5.64. The van der Waals surface area contributed by atoms with E-state index in [1.54, 1.807) is 0 Å². The highest BCUT2D eigenvalue weighted by molar-refractivity contribution is 5.98. The second-order valence-corrected chi connectivity index (χ2v) is 5.52. The number of nitrogens with two attached hydrogens (primary N) is 1. The van der Waals surface area contributed by atoms with Crippen LogP contribution in [0.5, 0.6) is 0 Å². The average Bonchev–Trinajstić information content (AvgIpc) is 2.70. The number of ketones is 1. The van der Waals surface area contributed by atoms with E-state index in [1.807, 2.05) is 45.0 Å². The first-order valence-corrected chi connectivity index (χ1v) is 6.18. The molecular formula is C15H19NO2. The van der Waals surface area contributed by atoms with Crippen LogP contribution in [0.1, 0.15) is 42.8 Å². The van der Waals surface area contributed by atoms with Crippen LogP contribution in [0, 0.1) is 6.92 Å². The Hall–Kier alpha value is -1.61. The molecule has 3 nitrogen and oxygen atoms in total. The molecular weight excluding hydrogens is 226 g/mol. The van der Waals surface area contributed by atoms with Crippen molar-refractivity contribution in [3.8, 4) is 0 Å². The number of benzene rings is 1. The standard InChI is InChI=1S/C15H19NO2/c1-10-5-4-6-11-9-13(18-14(10)11)12(17)7-8-15(2,3)16/h4-6,9H,7-8,16H2,1-3H3. The molecule has 0 atom stereocenters. The van der Waals surface area contributed by atoms with E-state index in [9.17, 15) is 4.79 Å². The summed E-state index contributed by atoms with van der Waals surface area (Å²) >= 11 is 0. The van der Waals surface area contributed by atoms with Gasteiger partial charge in [-0.3, -0.25) is 4.79 Å². The van der Waals surface area contributed by atoms with Gasteiger partial charge in [0, 0.05) is 17.3 Å². The maximum Gasteiger partial charge on any atom is 0.198 e. The molecule has 0 aliphatic rings. The number of carbonyl (C=O) groups is 1. The van der Waals surface area contributed by atoms with Crippen molar-refractivity contribution in [1.29, 1.82) is 0 Å². The average molecular weight is 245 g/mol. The molecule has 18 heavy (non-hydrogen) atoms. The summed E-state index contributed by atoms with van der Waals surface area (Å²) in [5.41, 5.74) is 7.40. The fourth-order valence-corrected chi connectivity index (χ4v) is 1.91. The Kier molecular flexibility index (Phi) is 3.26. The molecule has 0 saturated carbocycles. The summed E-state index contributed by atoms with van der Waals surface area (Å²) in [6, 6.07) is 7.71. The van der Waals surface area contributed by atoms with Gasteiger partial charge in [-0.15, -0.1) is 0 Å². The van der Waals surface area contributed by atoms with Crippen molar-refractivity contribution in [3.63, 3.8) is 0 Å². The Morgan fingerprint density at radius 2 is 2.11 bits per heavy atom. The zero-order chi connectivity index (χ0) is 13.3. The Balaban J connectivity index is 2.21. The number of hydrogen-bond donors (Lipinski definition) is 1. The van der Waals surface area contributed by atoms with Crippen molar-refractivity contribution in [2.75, 3.05) is 0 Å². The maximum absolute atomic E-state index is 12.0. The van der Waals surface area contributed by atoms with Crippen molar-refractivity contribution >= 4 is 16.8 Å². The van der Waals surface area contributed by atoms with Crippen molar-refractivity contribution in [1.82, 2.24) is 0 Å². The molecule has 1 aromatic heterocycles. The smallest absolute Gasteiger partial charge is 0.198 e. The zero-order valence-corrected chi connectivity index (χ0v) is 11.1. The van der Waals surface area contributed by atoms with Gasteiger partial charge < -0.3 is 10.2 Å². The Morgan fingerprint density at radius 3 is 2.72 bits per heavy atom. The van der Waals surface area contributed by atoms with Gasteiger partial charge in [0.1, 0.15) is 5.58 Å². The fraction of sp³-hybridized carbons (Fsp3) is 0.400. The lowest BCUT2D eigenvalue weighted by Crippen LogP contribution is -2.32. The molecule has 1 aromatic carbocycles. The molecule has 0 saturated heterocycles. The summed E-state index contributed by atoms with van der Waals surface area (Å²) in [6.45, 7) is 5.81. The van der Waals surface area contributed by atoms with E-state index in [2.05, 4.69) is 0 Å². The number of Topliss-reactive ketones (excluding diaryl/α,β-unsaturated/α-hetero) is 1. The molecule has 0 bridgehead atoms. The van der Waals surface area contributed by atoms with E-state index in [-0.39, 0.29) is 11.3 Å². The van der Waals surface area contributed by atoms with Crippen LogP contribution < -0.4 is 5.73 Å². The highest BCUT2D eigenvalue weighted by atomic mass is 16.3. The molecule has 0 radical (unpaired) electrons. The van der Waals surface area contributed by atoms with Crippen LogP contribution in [0.25, 0.3) is 11.0 Å². The van der Waals surface area contributed by atoms with Crippen molar-refractivity contribution in [2.24, 2.45) is 5.73 Å². The van der Waals surface area contributed by atoms with Crippen molar-refractivity contribution in [3.05, 3.63) is 35.6 Å². The predicted molar refractivity (Wildman–Crippen MR) is 72.8 cm³/mol. The van der Waals surface area contributed by atoms with Gasteiger partial charge in [0.15, 0.2) is 11.5 Å². The Morgan fingerprint density at radius 1 is 1.39 bits per heavy atom. The molecule has 0 amide bonds. The van der Waals surface area contributed by atoms with Gasteiger partial charge in [-0.05, 0) is 38.8 Å². The lowest BCUT2D eigenvalue weighted by molar-refractivity contribution is 0.0947.